The molecule has 1 saturated carbocycles. The van der Waals surface area contributed by atoms with Crippen LogP contribution in [0.25, 0.3) is 0 Å². The maximum Gasteiger partial charge on any atom is -0.00463 e. The minimum atomic E-state index is 1.04. The smallest absolute Gasteiger partial charge is 0.00463 e. The zero-order chi connectivity index (χ0) is 10.5. The van der Waals surface area contributed by atoms with Crippen LogP contribution in [0, 0.1) is 17.8 Å². The lowest BCUT2D eigenvalue weighted by Gasteiger charge is -2.34. The van der Waals surface area contributed by atoms with Crippen LogP contribution in [0.3, 0.4) is 0 Å². The highest BCUT2D eigenvalue weighted by Crippen LogP contribution is 2.37. The highest BCUT2D eigenvalue weighted by atomic mass is 14.9. The van der Waals surface area contributed by atoms with Gasteiger partial charge in [0.25, 0.3) is 0 Å². The fraction of sp³-hybridized carbons (Fsp3) is 1.00. The van der Waals surface area contributed by atoms with Gasteiger partial charge in [-0.2, -0.15) is 0 Å². The van der Waals surface area contributed by atoms with Gasteiger partial charge in [-0.3, -0.25) is 0 Å². The molecule has 2 unspecified atom stereocenters. The standard InChI is InChI=1S/C14H27N/c1-2-13-5-3-4-6-14(13)11-12-7-9-15-10-8-12/h12-15H,2-11H2,1H3. The second-order valence-corrected chi connectivity index (χ2v) is 5.64. The predicted molar refractivity (Wildman–Crippen MR) is 65.9 cm³/mol. The van der Waals surface area contributed by atoms with E-state index in [1.807, 2.05) is 0 Å². The Balaban J connectivity index is 1.79. The van der Waals surface area contributed by atoms with E-state index >= 15 is 0 Å². The molecule has 15 heavy (non-hydrogen) atoms. The van der Waals surface area contributed by atoms with E-state index in [1.165, 1.54) is 58.0 Å². The van der Waals surface area contributed by atoms with Crippen molar-refractivity contribution in [2.24, 2.45) is 17.8 Å². The first-order chi connectivity index (χ1) is 7.40. The molecule has 2 fully saturated rings. The van der Waals surface area contributed by atoms with Crippen molar-refractivity contribution >= 4 is 0 Å². The fourth-order valence-electron chi connectivity index (χ4n) is 3.68. The van der Waals surface area contributed by atoms with Crippen LogP contribution >= 0.6 is 0 Å². The van der Waals surface area contributed by atoms with Crippen LogP contribution in [0.2, 0.25) is 0 Å². The molecule has 1 N–H and O–H groups in total. The van der Waals surface area contributed by atoms with E-state index in [1.54, 1.807) is 6.42 Å². The summed E-state index contributed by atoms with van der Waals surface area (Å²) in [6, 6.07) is 0. The molecule has 2 atom stereocenters. The van der Waals surface area contributed by atoms with E-state index in [9.17, 15) is 0 Å². The minimum Gasteiger partial charge on any atom is -0.317 e. The molecule has 0 spiro atoms. The van der Waals surface area contributed by atoms with Gasteiger partial charge in [0.05, 0.1) is 0 Å². The maximum atomic E-state index is 3.48. The van der Waals surface area contributed by atoms with E-state index in [2.05, 4.69) is 12.2 Å². The Hall–Kier alpha value is -0.0400. The van der Waals surface area contributed by atoms with Crippen LogP contribution in [0.15, 0.2) is 0 Å². The summed E-state index contributed by atoms with van der Waals surface area (Å²) in [5.74, 6) is 3.18. The second-order valence-electron chi connectivity index (χ2n) is 5.64. The van der Waals surface area contributed by atoms with E-state index < -0.39 is 0 Å². The van der Waals surface area contributed by atoms with Crippen molar-refractivity contribution in [3.8, 4) is 0 Å². The van der Waals surface area contributed by atoms with Crippen molar-refractivity contribution in [3.05, 3.63) is 0 Å². The Kier molecular flexibility index (Phi) is 4.49. The van der Waals surface area contributed by atoms with Gasteiger partial charge >= 0.3 is 0 Å². The Labute approximate surface area is 95.0 Å². The van der Waals surface area contributed by atoms with Gasteiger partial charge in [0, 0.05) is 0 Å². The first kappa shape index (κ1) is 11.4. The lowest BCUT2D eigenvalue weighted by Crippen LogP contribution is -2.30. The molecule has 1 saturated heterocycles. The Bertz CT molecular complexity index is 172. The maximum absolute atomic E-state index is 3.48. The Morgan fingerprint density at radius 1 is 0.933 bits per heavy atom. The van der Waals surface area contributed by atoms with E-state index in [4.69, 9.17) is 0 Å². The summed E-state index contributed by atoms with van der Waals surface area (Å²) in [4.78, 5) is 0. The number of piperidine rings is 1. The van der Waals surface area contributed by atoms with Crippen LogP contribution < -0.4 is 5.32 Å². The lowest BCUT2D eigenvalue weighted by atomic mass is 9.72. The molecule has 0 bridgehead atoms. The molecule has 1 aliphatic carbocycles. The number of rotatable bonds is 3. The third-order valence-corrected chi connectivity index (χ3v) is 4.69. The van der Waals surface area contributed by atoms with Crippen LogP contribution in [0.4, 0.5) is 0 Å². The number of nitrogens with one attached hydrogen (secondary N) is 1. The quantitative estimate of drug-likeness (QED) is 0.749. The SMILES string of the molecule is CCC1CCCCC1CC1CCNCC1. The van der Waals surface area contributed by atoms with Gasteiger partial charge in [-0.05, 0) is 50.1 Å². The highest BCUT2D eigenvalue weighted by Gasteiger charge is 2.26. The Morgan fingerprint density at radius 2 is 1.60 bits per heavy atom. The van der Waals surface area contributed by atoms with E-state index in [-0.39, 0.29) is 0 Å². The summed E-state index contributed by atoms with van der Waals surface area (Å²) in [6.07, 6.45) is 11.9. The topological polar surface area (TPSA) is 12.0 Å². The van der Waals surface area contributed by atoms with Gasteiger partial charge < -0.3 is 5.32 Å². The number of hydrogen-bond acceptors (Lipinski definition) is 1. The van der Waals surface area contributed by atoms with Gasteiger partial charge in [-0.25, -0.2) is 0 Å². The second kappa shape index (κ2) is 5.89. The van der Waals surface area contributed by atoms with Gasteiger partial charge in [-0.15, -0.1) is 0 Å². The molecular formula is C14H27N. The molecule has 1 nitrogen and oxygen atoms in total. The van der Waals surface area contributed by atoms with E-state index in [0.717, 1.165) is 17.8 Å². The minimum absolute atomic E-state index is 1.04. The molecule has 0 aromatic rings. The molecule has 0 aromatic heterocycles. The molecule has 2 aliphatic rings. The summed E-state index contributed by atoms with van der Waals surface area (Å²) in [6.45, 7) is 4.94. The third kappa shape index (κ3) is 3.21. The van der Waals surface area contributed by atoms with Crippen molar-refractivity contribution in [3.63, 3.8) is 0 Å². The van der Waals surface area contributed by atoms with Crippen molar-refractivity contribution in [1.29, 1.82) is 0 Å². The molecular weight excluding hydrogens is 182 g/mol. The van der Waals surface area contributed by atoms with Crippen molar-refractivity contribution in [2.45, 2.75) is 58.3 Å². The molecule has 1 aliphatic heterocycles. The predicted octanol–water partition coefficient (Wildman–Crippen LogP) is 3.59. The average molecular weight is 209 g/mol. The molecule has 0 amide bonds. The fourth-order valence-corrected chi connectivity index (χ4v) is 3.68. The lowest BCUT2D eigenvalue weighted by molar-refractivity contribution is 0.176. The molecule has 0 aromatic carbocycles. The van der Waals surface area contributed by atoms with Crippen LogP contribution in [-0.2, 0) is 0 Å². The van der Waals surface area contributed by atoms with Crippen LogP contribution in [0.5, 0.6) is 0 Å². The van der Waals surface area contributed by atoms with Gasteiger partial charge in [0.15, 0.2) is 0 Å². The highest BCUT2D eigenvalue weighted by molar-refractivity contribution is 4.79. The summed E-state index contributed by atoms with van der Waals surface area (Å²) < 4.78 is 0. The first-order valence-corrected chi connectivity index (χ1v) is 7.11. The van der Waals surface area contributed by atoms with E-state index in [0.29, 0.717) is 0 Å². The summed E-state index contributed by atoms with van der Waals surface area (Å²) in [5.41, 5.74) is 0. The zero-order valence-electron chi connectivity index (χ0n) is 10.3. The van der Waals surface area contributed by atoms with Crippen LogP contribution in [0.1, 0.15) is 58.3 Å². The van der Waals surface area contributed by atoms with Gasteiger partial charge in [0.1, 0.15) is 0 Å². The molecule has 1 heteroatoms. The monoisotopic (exact) mass is 209 g/mol. The molecule has 2 rings (SSSR count). The average Bonchev–Trinajstić information content (AvgIpc) is 2.31. The van der Waals surface area contributed by atoms with Crippen molar-refractivity contribution in [1.82, 2.24) is 5.32 Å². The van der Waals surface area contributed by atoms with Crippen molar-refractivity contribution in [2.75, 3.05) is 13.1 Å². The summed E-state index contributed by atoms with van der Waals surface area (Å²) in [7, 11) is 0. The molecule has 0 radical (unpaired) electrons. The summed E-state index contributed by atoms with van der Waals surface area (Å²) in [5, 5.41) is 3.48. The number of hydrogen-bond donors (Lipinski definition) is 1. The largest absolute Gasteiger partial charge is 0.317 e. The summed E-state index contributed by atoms with van der Waals surface area (Å²) >= 11 is 0. The van der Waals surface area contributed by atoms with Gasteiger partial charge in [0.2, 0.25) is 0 Å². The normalized spacial score (nSPS) is 34.2. The van der Waals surface area contributed by atoms with Crippen LogP contribution in [-0.4, -0.2) is 13.1 Å². The first-order valence-electron chi connectivity index (χ1n) is 7.11. The molecule has 88 valence electrons. The Morgan fingerprint density at radius 3 is 2.27 bits per heavy atom. The van der Waals surface area contributed by atoms with Crippen molar-refractivity contribution < 1.29 is 0 Å². The third-order valence-electron chi connectivity index (χ3n) is 4.69. The zero-order valence-corrected chi connectivity index (χ0v) is 10.3. The van der Waals surface area contributed by atoms with Gasteiger partial charge in [-0.1, -0.05) is 39.0 Å². The molecule has 1 heterocycles.